The zero-order valence-corrected chi connectivity index (χ0v) is 10.5. The summed E-state index contributed by atoms with van der Waals surface area (Å²) in [6.07, 6.45) is -0.671. The van der Waals surface area contributed by atoms with Gasteiger partial charge in [0.25, 0.3) is 0 Å². The van der Waals surface area contributed by atoms with Crippen LogP contribution in [0.1, 0.15) is 6.92 Å². The van der Waals surface area contributed by atoms with Gasteiger partial charge in [-0.2, -0.15) is 0 Å². The van der Waals surface area contributed by atoms with Crippen molar-refractivity contribution >= 4 is 23.2 Å². The first-order valence-electron chi connectivity index (χ1n) is 4.97. The second-order valence-corrected chi connectivity index (χ2v) is 4.04. The van der Waals surface area contributed by atoms with E-state index in [0.29, 0.717) is 22.4 Å². The van der Waals surface area contributed by atoms with E-state index in [-0.39, 0.29) is 13.2 Å². The number of benzene rings is 1. The molecule has 0 fully saturated rings. The fourth-order valence-corrected chi connectivity index (χ4v) is 1.41. The first-order chi connectivity index (χ1) is 7.63. The summed E-state index contributed by atoms with van der Waals surface area (Å²) in [5.41, 5.74) is 0. The zero-order chi connectivity index (χ0) is 12.0. The predicted molar refractivity (Wildman–Crippen MR) is 64.5 cm³/mol. The SMILES string of the molecule is CCOC[C@H](O)COc1cc(Cl)ccc1Cl. The maximum absolute atomic E-state index is 9.48. The van der Waals surface area contributed by atoms with Crippen LogP contribution in [0.5, 0.6) is 5.75 Å². The molecule has 1 atom stereocenters. The van der Waals surface area contributed by atoms with Crippen LogP contribution in [0.15, 0.2) is 18.2 Å². The lowest BCUT2D eigenvalue weighted by molar-refractivity contribution is 0.0165. The molecule has 3 nitrogen and oxygen atoms in total. The lowest BCUT2D eigenvalue weighted by atomic mass is 10.3. The summed E-state index contributed by atoms with van der Waals surface area (Å²) < 4.78 is 10.4. The fraction of sp³-hybridized carbons (Fsp3) is 0.455. The highest BCUT2D eigenvalue weighted by molar-refractivity contribution is 6.34. The van der Waals surface area contributed by atoms with Gasteiger partial charge >= 0.3 is 0 Å². The second-order valence-electron chi connectivity index (χ2n) is 3.20. The van der Waals surface area contributed by atoms with Crippen LogP contribution in [0.3, 0.4) is 0 Å². The van der Waals surface area contributed by atoms with Crippen LogP contribution >= 0.6 is 23.2 Å². The molecule has 5 heteroatoms. The minimum Gasteiger partial charge on any atom is -0.489 e. The molecule has 0 heterocycles. The number of ether oxygens (including phenoxy) is 2. The Morgan fingerprint density at radius 1 is 1.31 bits per heavy atom. The molecule has 16 heavy (non-hydrogen) atoms. The molecule has 0 aliphatic heterocycles. The lowest BCUT2D eigenvalue weighted by Crippen LogP contribution is -2.23. The van der Waals surface area contributed by atoms with Crippen molar-refractivity contribution in [3.05, 3.63) is 28.2 Å². The molecule has 0 radical (unpaired) electrons. The highest BCUT2D eigenvalue weighted by Crippen LogP contribution is 2.27. The normalized spacial score (nSPS) is 12.5. The van der Waals surface area contributed by atoms with Gasteiger partial charge in [-0.05, 0) is 19.1 Å². The molecule has 90 valence electrons. The fourth-order valence-electron chi connectivity index (χ4n) is 1.08. The molecule has 0 aromatic heterocycles. The van der Waals surface area contributed by atoms with E-state index in [4.69, 9.17) is 32.7 Å². The van der Waals surface area contributed by atoms with Crippen molar-refractivity contribution in [1.82, 2.24) is 0 Å². The summed E-state index contributed by atoms with van der Waals surface area (Å²) >= 11 is 11.7. The van der Waals surface area contributed by atoms with Crippen LogP contribution in [-0.4, -0.2) is 31.0 Å². The number of halogens is 2. The molecule has 0 bridgehead atoms. The van der Waals surface area contributed by atoms with Crippen LogP contribution in [0.2, 0.25) is 10.0 Å². The third-order valence-electron chi connectivity index (χ3n) is 1.84. The summed E-state index contributed by atoms with van der Waals surface area (Å²) in [5, 5.41) is 10.5. The summed E-state index contributed by atoms with van der Waals surface area (Å²) in [7, 11) is 0. The highest BCUT2D eigenvalue weighted by atomic mass is 35.5. The first-order valence-corrected chi connectivity index (χ1v) is 5.72. The maximum atomic E-state index is 9.48. The van der Waals surface area contributed by atoms with Gasteiger partial charge in [-0.15, -0.1) is 0 Å². The Kier molecular flexibility index (Phi) is 5.91. The van der Waals surface area contributed by atoms with Crippen LogP contribution in [0, 0.1) is 0 Å². The monoisotopic (exact) mass is 264 g/mol. The van der Waals surface area contributed by atoms with Crippen molar-refractivity contribution < 1.29 is 14.6 Å². The Morgan fingerprint density at radius 3 is 2.75 bits per heavy atom. The second kappa shape index (κ2) is 6.97. The minimum absolute atomic E-state index is 0.125. The molecule has 1 rings (SSSR count). The van der Waals surface area contributed by atoms with Gasteiger partial charge in [0.2, 0.25) is 0 Å². The summed E-state index contributed by atoms with van der Waals surface area (Å²) in [4.78, 5) is 0. The Hall–Kier alpha value is -0.480. The van der Waals surface area contributed by atoms with Crippen LogP contribution in [0.4, 0.5) is 0 Å². The topological polar surface area (TPSA) is 38.7 Å². The molecule has 0 saturated carbocycles. The van der Waals surface area contributed by atoms with Gasteiger partial charge in [0, 0.05) is 17.7 Å². The van der Waals surface area contributed by atoms with E-state index >= 15 is 0 Å². The van der Waals surface area contributed by atoms with Crippen molar-refractivity contribution in [3.63, 3.8) is 0 Å². The van der Waals surface area contributed by atoms with Gasteiger partial charge in [0.05, 0.1) is 11.6 Å². The summed E-state index contributed by atoms with van der Waals surface area (Å²) in [6.45, 7) is 2.80. The first kappa shape index (κ1) is 13.6. The molecular formula is C11H14Cl2O3. The van der Waals surface area contributed by atoms with Crippen molar-refractivity contribution in [1.29, 1.82) is 0 Å². The Bertz CT molecular complexity index is 331. The standard InChI is InChI=1S/C11H14Cl2O3/c1-2-15-6-9(14)7-16-11-5-8(12)3-4-10(11)13/h3-5,9,14H,2,6-7H2,1H3/t9-/m0/s1. The minimum atomic E-state index is -0.671. The van der Waals surface area contributed by atoms with Gasteiger partial charge in [-0.25, -0.2) is 0 Å². The van der Waals surface area contributed by atoms with Crippen LogP contribution < -0.4 is 4.74 Å². The van der Waals surface area contributed by atoms with E-state index in [9.17, 15) is 5.11 Å². The van der Waals surface area contributed by atoms with Crippen LogP contribution in [-0.2, 0) is 4.74 Å². The predicted octanol–water partition coefficient (Wildman–Crippen LogP) is 2.77. The average Bonchev–Trinajstić information content (AvgIpc) is 2.27. The molecular weight excluding hydrogens is 251 g/mol. The molecule has 0 spiro atoms. The number of aliphatic hydroxyl groups is 1. The van der Waals surface area contributed by atoms with E-state index in [0.717, 1.165) is 0 Å². The number of rotatable bonds is 6. The van der Waals surface area contributed by atoms with Crippen LogP contribution in [0.25, 0.3) is 0 Å². The summed E-state index contributed by atoms with van der Waals surface area (Å²) in [6, 6.07) is 4.93. The van der Waals surface area contributed by atoms with E-state index in [2.05, 4.69) is 0 Å². The van der Waals surface area contributed by atoms with E-state index < -0.39 is 6.10 Å². The van der Waals surface area contributed by atoms with Gasteiger partial charge < -0.3 is 14.6 Å². The molecule has 0 unspecified atom stereocenters. The summed E-state index contributed by atoms with van der Waals surface area (Å²) in [5.74, 6) is 0.463. The van der Waals surface area contributed by atoms with Gasteiger partial charge in [-0.3, -0.25) is 0 Å². The van der Waals surface area contributed by atoms with Crippen molar-refractivity contribution in [2.24, 2.45) is 0 Å². The quantitative estimate of drug-likeness (QED) is 0.859. The third kappa shape index (κ3) is 4.58. The van der Waals surface area contributed by atoms with Crippen molar-refractivity contribution in [2.45, 2.75) is 13.0 Å². The number of hydrogen-bond donors (Lipinski definition) is 1. The molecule has 0 amide bonds. The number of hydrogen-bond acceptors (Lipinski definition) is 3. The highest BCUT2D eigenvalue weighted by Gasteiger charge is 2.07. The van der Waals surface area contributed by atoms with Crippen molar-refractivity contribution in [3.8, 4) is 5.75 Å². The molecule has 0 saturated heterocycles. The smallest absolute Gasteiger partial charge is 0.139 e. The maximum Gasteiger partial charge on any atom is 0.139 e. The molecule has 1 N–H and O–H groups in total. The average molecular weight is 265 g/mol. The number of aliphatic hydroxyl groups excluding tert-OH is 1. The Morgan fingerprint density at radius 2 is 2.06 bits per heavy atom. The van der Waals surface area contributed by atoms with E-state index in [1.54, 1.807) is 18.2 Å². The lowest BCUT2D eigenvalue weighted by Gasteiger charge is -2.13. The van der Waals surface area contributed by atoms with Gasteiger partial charge in [0.15, 0.2) is 0 Å². The molecule has 1 aromatic rings. The Labute approximate surface area is 105 Å². The largest absolute Gasteiger partial charge is 0.489 e. The molecule has 1 aromatic carbocycles. The molecule has 0 aliphatic carbocycles. The van der Waals surface area contributed by atoms with E-state index in [1.165, 1.54) is 0 Å². The van der Waals surface area contributed by atoms with E-state index in [1.807, 2.05) is 6.92 Å². The Balaban J connectivity index is 2.44. The zero-order valence-electron chi connectivity index (χ0n) is 8.95. The van der Waals surface area contributed by atoms with Crippen molar-refractivity contribution in [2.75, 3.05) is 19.8 Å². The van der Waals surface area contributed by atoms with Gasteiger partial charge in [0.1, 0.15) is 18.5 Å². The third-order valence-corrected chi connectivity index (χ3v) is 2.39. The molecule has 0 aliphatic rings. The van der Waals surface area contributed by atoms with Gasteiger partial charge in [-0.1, -0.05) is 23.2 Å².